The predicted octanol–water partition coefficient (Wildman–Crippen LogP) is 4.69. The highest BCUT2D eigenvalue weighted by atomic mass is 35.5. The number of benzene rings is 1. The van der Waals surface area contributed by atoms with Gasteiger partial charge in [-0.2, -0.15) is 5.26 Å². The van der Waals surface area contributed by atoms with E-state index in [0.29, 0.717) is 57.4 Å². The van der Waals surface area contributed by atoms with Crippen LogP contribution in [0.3, 0.4) is 0 Å². The van der Waals surface area contributed by atoms with Crippen LogP contribution in [-0.4, -0.2) is 39.0 Å². The average Bonchev–Trinajstić information content (AvgIpc) is 3.45. The second-order valence-corrected chi connectivity index (χ2v) is 10.4. The Morgan fingerprint density at radius 2 is 2.14 bits per heavy atom. The largest absolute Gasteiger partial charge is 0.376 e. The van der Waals surface area contributed by atoms with E-state index < -0.39 is 0 Å². The molecule has 1 amide bonds. The molecule has 10 heteroatoms. The molecule has 1 aromatic heterocycles. The maximum atomic E-state index is 13.3. The molecular weight excluding hydrogens is 504 g/mol. The van der Waals surface area contributed by atoms with Gasteiger partial charge in [0.1, 0.15) is 21.8 Å². The monoisotopic (exact) mass is 528 g/mol. The summed E-state index contributed by atoms with van der Waals surface area (Å²) in [7, 11) is 0. The third kappa shape index (κ3) is 5.16. The summed E-state index contributed by atoms with van der Waals surface area (Å²) in [4.78, 5) is 28.3. The van der Waals surface area contributed by atoms with Crippen molar-refractivity contribution in [1.82, 2.24) is 9.47 Å². The van der Waals surface area contributed by atoms with E-state index in [1.165, 1.54) is 16.3 Å². The molecule has 7 nitrogen and oxygen atoms in total. The molecule has 1 atom stereocenters. The smallest absolute Gasteiger partial charge is 0.270 e. The molecule has 1 aromatic carbocycles. The lowest BCUT2D eigenvalue weighted by molar-refractivity contribution is -0.123. The van der Waals surface area contributed by atoms with Crippen molar-refractivity contribution in [3.05, 3.63) is 66.8 Å². The van der Waals surface area contributed by atoms with Crippen molar-refractivity contribution in [2.24, 2.45) is 0 Å². The number of halogens is 1. The molecule has 3 heterocycles. The maximum absolute atomic E-state index is 13.3. The van der Waals surface area contributed by atoms with E-state index in [2.05, 4.69) is 5.32 Å². The van der Waals surface area contributed by atoms with Crippen molar-refractivity contribution >= 4 is 57.7 Å². The fourth-order valence-electron chi connectivity index (χ4n) is 4.26. The summed E-state index contributed by atoms with van der Waals surface area (Å²) >= 11 is 13.0. The van der Waals surface area contributed by atoms with Crippen LogP contribution in [0.25, 0.3) is 6.08 Å². The van der Waals surface area contributed by atoms with Gasteiger partial charge >= 0.3 is 0 Å². The second kappa shape index (κ2) is 11.0. The SMILES string of the molecule is CCn1c(NCc2ccccc2Cl)c(/C=C2/SC(=S)N(CC3CCCO3)C2=O)c(C)c(C#N)c1=O. The zero-order valence-electron chi connectivity index (χ0n) is 19.5. The van der Waals surface area contributed by atoms with Gasteiger partial charge in [-0.3, -0.25) is 19.1 Å². The number of nitriles is 1. The molecule has 182 valence electrons. The molecule has 0 saturated carbocycles. The number of nitrogens with zero attached hydrogens (tertiary/aromatic N) is 3. The van der Waals surface area contributed by atoms with Crippen molar-refractivity contribution in [1.29, 1.82) is 5.26 Å². The summed E-state index contributed by atoms with van der Waals surface area (Å²) in [5.74, 6) is 0.332. The number of nitrogens with one attached hydrogen (secondary N) is 1. The molecule has 1 unspecified atom stereocenters. The summed E-state index contributed by atoms with van der Waals surface area (Å²) in [5.41, 5.74) is 1.65. The predicted molar refractivity (Wildman–Crippen MR) is 143 cm³/mol. The number of anilines is 1. The molecule has 0 spiro atoms. The first-order valence-electron chi connectivity index (χ1n) is 11.4. The van der Waals surface area contributed by atoms with Crippen molar-refractivity contribution in [3.8, 4) is 6.07 Å². The Labute approximate surface area is 218 Å². The molecular formula is C25H25ClN4O3S2. The minimum absolute atomic E-state index is 0.0152. The molecule has 0 aliphatic carbocycles. The van der Waals surface area contributed by atoms with Gasteiger partial charge in [-0.25, -0.2) is 0 Å². The van der Waals surface area contributed by atoms with Gasteiger partial charge in [0.05, 0.1) is 17.6 Å². The van der Waals surface area contributed by atoms with Crippen molar-refractivity contribution in [2.45, 2.75) is 45.9 Å². The maximum Gasteiger partial charge on any atom is 0.270 e. The Bertz CT molecular complexity index is 1310. The van der Waals surface area contributed by atoms with Gasteiger partial charge in [0.25, 0.3) is 11.5 Å². The minimum atomic E-state index is -0.378. The van der Waals surface area contributed by atoms with Gasteiger partial charge in [0.15, 0.2) is 0 Å². The standard InChI is InChI=1S/C25H25ClN4O3S2/c1-3-29-22(28-13-16-7-4-5-9-20(16)26)18(15(2)19(12-27)23(29)31)11-21-24(32)30(25(34)35-21)14-17-8-6-10-33-17/h4-5,7,9,11,17,28H,3,6,8,10,13-14H2,1-2H3/b21-11+. The van der Waals surface area contributed by atoms with Gasteiger partial charge < -0.3 is 10.1 Å². The van der Waals surface area contributed by atoms with E-state index >= 15 is 0 Å². The summed E-state index contributed by atoms with van der Waals surface area (Å²) in [6.07, 6.45) is 3.59. The highest BCUT2D eigenvalue weighted by Gasteiger charge is 2.35. The Morgan fingerprint density at radius 1 is 1.37 bits per heavy atom. The molecule has 4 rings (SSSR count). The zero-order valence-corrected chi connectivity index (χ0v) is 21.9. The number of thiocarbonyl (C=S) groups is 1. The zero-order chi connectivity index (χ0) is 25.1. The third-order valence-electron chi connectivity index (χ3n) is 6.15. The van der Waals surface area contributed by atoms with Gasteiger partial charge in [-0.1, -0.05) is 53.8 Å². The minimum Gasteiger partial charge on any atom is -0.376 e. The first-order valence-corrected chi connectivity index (χ1v) is 13.0. The lowest BCUT2D eigenvalue weighted by atomic mass is 10.0. The average molecular weight is 529 g/mol. The van der Waals surface area contributed by atoms with E-state index in [9.17, 15) is 14.9 Å². The lowest BCUT2D eigenvalue weighted by Crippen LogP contribution is -2.35. The number of carbonyl (C=O) groups excluding carboxylic acids is 1. The van der Waals surface area contributed by atoms with E-state index in [1.54, 1.807) is 24.0 Å². The molecule has 0 radical (unpaired) electrons. The topological polar surface area (TPSA) is 87.4 Å². The van der Waals surface area contributed by atoms with Crippen molar-refractivity contribution < 1.29 is 9.53 Å². The Kier molecular flexibility index (Phi) is 7.97. The summed E-state index contributed by atoms with van der Waals surface area (Å²) in [6.45, 7) is 5.40. The van der Waals surface area contributed by atoms with E-state index in [1.807, 2.05) is 31.2 Å². The number of aromatic nitrogens is 1. The number of thioether (sulfide) groups is 1. The summed E-state index contributed by atoms with van der Waals surface area (Å²) in [6, 6.07) is 9.48. The first kappa shape index (κ1) is 25.5. The van der Waals surface area contributed by atoms with Crippen LogP contribution in [-0.2, 0) is 22.6 Å². The van der Waals surface area contributed by atoms with E-state index in [0.717, 1.165) is 18.4 Å². The third-order valence-corrected chi connectivity index (χ3v) is 7.90. The molecule has 2 aliphatic heterocycles. The number of pyridine rings is 1. The molecule has 2 aliphatic rings. The van der Waals surface area contributed by atoms with Crippen LogP contribution in [0.1, 0.15) is 42.0 Å². The van der Waals surface area contributed by atoms with Crippen LogP contribution in [0.15, 0.2) is 34.0 Å². The van der Waals surface area contributed by atoms with Crippen LogP contribution in [0.2, 0.25) is 5.02 Å². The summed E-state index contributed by atoms with van der Waals surface area (Å²) in [5, 5.41) is 13.6. The normalized spacial score (nSPS) is 19.0. The number of hydrogen-bond acceptors (Lipinski definition) is 7. The van der Waals surface area contributed by atoms with E-state index in [-0.39, 0.29) is 23.1 Å². The van der Waals surface area contributed by atoms with E-state index in [4.69, 9.17) is 28.6 Å². The Balaban J connectivity index is 1.75. The quantitative estimate of drug-likeness (QED) is 0.412. The van der Waals surface area contributed by atoms with Crippen molar-refractivity contribution in [2.75, 3.05) is 18.5 Å². The van der Waals surface area contributed by atoms with Crippen LogP contribution in [0, 0.1) is 18.3 Å². The molecule has 2 saturated heterocycles. The molecule has 2 fully saturated rings. The molecule has 0 bridgehead atoms. The second-order valence-electron chi connectivity index (χ2n) is 8.30. The molecule has 2 aromatic rings. The number of carbonyl (C=O) groups is 1. The number of amides is 1. The Hall–Kier alpha value is -2.64. The van der Waals surface area contributed by atoms with Gasteiger partial charge in [0.2, 0.25) is 0 Å². The van der Waals surface area contributed by atoms with Crippen molar-refractivity contribution in [3.63, 3.8) is 0 Å². The van der Waals surface area contributed by atoms with Crippen LogP contribution >= 0.6 is 35.6 Å². The summed E-state index contributed by atoms with van der Waals surface area (Å²) < 4.78 is 7.67. The van der Waals surface area contributed by atoms with Gasteiger partial charge in [-0.05, 0) is 50.0 Å². The molecule has 35 heavy (non-hydrogen) atoms. The fraction of sp³-hybridized carbons (Fsp3) is 0.360. The highest BCUT2D eigenvalue weighted by molar-refractivity contribution is 8.26. The highest BCUT2D eigenvalue weighted by Crippen LogP contribution is 2.36. The number of rotatable bonds is 7. The number of ether oxygens (including phenoxy) is 1. The lowest BCUT2D eigenvalue weighted by Gasteiger charge is -2.20. The van der Waals surface area contributed by atoms with Gasteiger partial charge in [0, 0.05) is 30.3 Å². The van der Waals surface area contributed by atoms with Gasteiger partial charge in [-0.15, -0.1) is 0 Å². The van der Waals surface area contributed by atoms with Crippen LogP contribution in [0.5, 0.6) is 0 Å². The molecule has 1 N–H and O–H groups in total. The Morgan fingerprint density at radius 3 is 2.80 bits per heavy atom. The van der Waals surface area contributed by atoms with Crippen LogP contribution < -0.4 is 10.9 Å². The van der Waals surface area contributed by atoms with Crippen LogP contribution in [0.4, 0.5) is 5.82 Å². The first-order chi connectivity index (χ1) is 16.8. The fourth-order valence-corrected chi connectivity index (χ4v) is 5.72. The number of hydrogen-bond donors (Lipinski definition) is 1.